The Morgan fingerprint density at radius 1 is 0.643 bits per heavy atom. The van der Waals surface area contributed by atoms with Crippen LogP contribution in [0.3, 0.4) is 0 Å². The molecule has 0 aliphatic carbocycles. The number of hydrogen-bond donors (Lipinski definition) is 0. The summed E-state index contributed by atoms with van der Waals surface area (Å²) in [5.74, 6) is 0. The Hall–Kier alpha value is -1.79. The molecule has 0 unspecified atom stereocenters. The second-order valence-electron chi connectivity index (χ2n) is 5.20. The van der Waals surface area contributed by atoms with E-state index in [1.54, 1.807) is 0 Å². The predicted molar refractivity (Wildman–Crippen MR) is 117 cm³/mol. The minimum absolute atomic E-state index is 0. The van der Waals surface area contributed by atoms with Crippen molar-refractivity contribution in [2.45, 2.75) is 54.4 Å². The summed E-state index contributed by atoms with van der Waals surface area (Å²) in [4.78, 5) is 9.47. The van der Waals surface area contributed by atoms with Gasteiger partial charge in [0.25, 0.3) is 0 Å². The Bertz CT molecular complexity index is 737. The summed E-state index contributed by atoms with van der Waals surface area (Å²) in [5.41, 5.74) is 6.15. The Labute approximate surface area is 186 Å². The van der Waals surface area contributed by atoms with Crippen LogP contribution in [-0.2, 0) is 33.9 Å². The first-order chi connectivity index (χ1) is 13.4. The topological polar surface area (TPSA) is 25.8 Å². The molecule has 4 rings (SSSR count). The molecule has 3 aromatic rings. The summed E-state index contributed by atoms with van der Waals surface area (Å²) < 4.78 is 0. The van der Waals surface area contributed by atoms with Crippen LogP contribution in [0.5, 0.6) is 0 Å². The molecule has 1 aliphatic rings. The normalized spacial score (nSPS) is 10.5. The van der Waals surface area contributed by atoms with E-state index in [1.165, 1.54) is 0 Å². The maximum absolute atomic E-state index is 4.73. The number of pyridine rings is 2. The van der Waals surface area contributed by atoms with Crippen LogP contribution in [0.25, 0.3) is 22.5 Å². The molecular formula is C25H32N2Pt. The van der Waals surface area contributed by atoms with Crippen molar-refractivity contribution < 1.29 is 21.1 Å². The number of aromatic nitrogens is 2. The van der Waals surface area contributed by atoms with Crippen molar-refractivity contribution >= 4 is 0 Å². The van der Waals surface area contributed by atoms with E-state index in [2.05, 4.69) is 48.9 Å². The summed E-state index contributed by atoms with van der Waals surface area (Å²) in [5, 5.41) is 0. The van der Waals surface area contributed by atoms with Crippen LogP contribution in [0.2, 0.25) is 0 Å². The monoisotopic (exact) mass is 555 g/mol. The van der Waals surface area contributed by atoms with Crippen molar-refractivity contribution in [2.24, 2.45) is 0 Å². The van der Waals surface area contributed by atoms with E-state index in [0.717, 1.165) is 46.7 Å². The third kappa shape index (κ3) is 7.32. The van der Waals surface area contributed by atoms with Gasteiger partial charge in [-0.1, -0.05) is 76.9 Å². The van der Waals surface area contributed by atoms with Gasteiger partial charge in [0.2, 0.25) is 0 Å². The molecule has 2 aromatic heterocycles. The summed E-state index contributed by atoms with van der Waals surface area (Å²) in [6, 6.07) is 21.9. The van der Waals surface area contributed by atoms with E-state index in [-0.39, 0.29) is 21.1 Å². The smallest absolute Gasteiger partial charge is 0.317 e. The molecule has 0 saturated heterocycles. The SMILES string of the molecule is CC.CC.CC.[Pt+2].[c-]1c2cccc1-c1cccc(n1)C[CH-]Cc1cccc-2n1. The van der Waals surface area contributed by atoms with Crippen LogP contribution in [0.1, 0.15) is 52.9 Å². The average molecular weight is 556 g/mol. The maximum Gasteiger partial charge on any atom is 2.00 e. The molecule has 1 aliphatic heterocycles. The van der Waals surface area contributed by atoms with E-state index < -0.39 is 0 Å². The number of nitrogens with zero attached hydrogens (tertiary/aromatic N) is 2. The van der Waals surface area contributed by atoms with Gasteiger partial charge in [0.05, 0.1) is 0 Å². The van der Waals surface area contributed by atoms with E-state index in [4.69, 9.17) is 9.97 Å². The van der Waals surface area contributed by atoms with Gasteiger partial charge in [-0.05, 0) is 12.1 Å². The van der Waals surface area contributed by atoms with Crippen molar-refractivity contribution in [3.63, 3.8) is 0 Å². The first-order valence-electron chi connectivity index (χ1n) is 10.2. The fourth-order valence-corrected chi connectivity index (χ4v) is 2.62. The molecule has 0 saturated carbocycles. The fraction of sp³-hybridized carbons (Fsp3) is 0.320. The number of fused-ring (bicyclic) bond motifs is 8. The van der Waals surface area contributed by atoms with Crippen LogP contribution in [-0.4, -0.2) is 9.97 Å². The Balaban J connectivity index is 0.000000957. The number of benzene rings is 1. The van der Waals surface area contributed by atoms with E-state index in [0.29, 0.717) is 0 Å². The first-order valence-corrected chi connectivity index (χ1v) is 10.2. The second kappa shape index (κ2) is 15.2. The van der Waals surface area contributed by atoms with Gasteiger partial charge >= 0.3 is 21.1 Å². The molecule has 28 heavy (non-hydrogen) atoms. The summed E-state index contributed by atoms with van der Waals surface area (Å²) in [6.07, 6.45) is 3.96. The molecule has 1 aromatic carbocycles. The zero-order valence-electron chi connectivity index (χ0n) is 17.9. The van der Waals surface area contributed by atoms with Crippen molar-refractivity contribution in [1.29, 1.82) is 0 Å². The van der Waals surface area contributed by atoms with Gasteiger partial charge in [0, 0.05) is 22.8 Å². The van der Waals surface area contributed by atoms with Crippen LogP contribution in [0, 0.1) is 12.5 Å². The van der Waals surface area contributed by atoms with Crippen molar-refractivity contribution in [1.82, 2.24) is 9.97 Å². The van der Waals surface area contributed by atoms with Gasteiger partial charge in [-0.3, -0.25) is 9.97 Å². The Morgan fingerprint density at radius 2 is 1.04 bits per heavy atom. The molecule has 0 spiro atoms. The van der Waals surface area contributed by atoms with Gasteiger partial charge in [-0.15, -0.1) is 37.1 Å². The predicted octanol–water partition coefficient (Wildman–Crippen LogP) is 6.99. The van der Waals surface area contributed by atoms with Crippen molar-refractivity contribution in [2.75, 3.05) is 0 Å². The number of hydrogen-bond acceptors (Lipinski definition) is 2. The minimum Gasteiger partial charge on any atom is -0.317 e. The molecule has 0 fully saturated rings. The molecule has 2 nitrogen and oxygen atoms in total. The third-order valence-electron chi connectivity index (χ3n) is 3.67. The van der Waals surface area contributed by atoms with Gasteiger partial charge in [0.15, 0.2) is 0 Å². The molecule has 0 atom stereocenters. The summed E-state index contributed by atoms with van der Waals surface area (Å²) in [6.45, 7) is 12.0. The van der Waals surface area contributed by atoms with Crippen molar-refractivity contribution in [3.05, 3.63) is 78.5 Å². The quantitative estimate of drug-likeness (QED) is 0.280. The van der Waals surface area contributed by atoms with Gasteiger partial charge < -0.3 is 6.42 Å². The molecule has 0 radical (unpaired) electrons. The molecule has 0 N–H and O–H groups in total. The number of rotatable bonds is 0. The molecule has 152 valence electrons. The van der Waals surface area contributed by atoms with Gasteiger partial charge in [-0.25, -0.2) is 0 Å². The Kier molecular flexibility index (Phi) is 14.2. The third-order valence-corrected chi connectivity index (χ3v) is 3.67. The van der Waals surface area contributed by atoms with Gasteiger partial charge in [-0.2, -0.15) is 0 Å². The zero-order valence-corrected chi connectivity index (χ0v) is 20.2. The summed E-state index contributed by atoms with van der Waals surface area (Å²) >= 11 is 0. The molecule has 0 amide bonds. The van der Waals surface area contributed by atoms with Gasteiger partial charge in [0.1, 0.15) is 0 Å². The van der Waals surface area contributed by atoms with Crippen LogP contribution >= 0.6 is 0 Å². The maximum atomic E-state index is 4.73. The largest absolute Gasteiger partial charge is 2.00 e. The fourth-order valence-electron chi connectivity index (χ4n) is 2.62. The van der Waals surface area contributed by atoms with E-state index in [1.807, 2.05) is 59.7 Å². The second-order valence-corrected chi connectivity index (χ2v) is 5.20. The molecular weight excluding hydrogens is 523 g/mol. The summed E-state index contributed by atoms with van der Waals surface area (Å²) in [7, 11) is 0. The molecule has 3 heterocycles. The van der Waals surface area contributed by atoms with Crippen LogP contribution in [0.15, 0.2) is 54.6 Å². The molecule has 3 heteroatoms. The van der Waals surface area contributed by atoms with E-state index >= 15 is 0 Å². The van der Waals surface area contributed by atoms with E-state index in [9.17, 15) is 0 Å². The Morgan fingerprint density at radius 3 is 1.46 bits per heavy atom. The van der Waals surface area contributed by atoms with Crippen LogP contribution < -0.4 is 0 Å². The van der Waals surface area contributed by atoms with Crippen LogP contribution in [0.4, 0.5) is 0 Å². The first kappa shape index (κ1) is 26.2. The molecule has 6 bridgehead atoms. The van der Waals surface area contributed by atoms with Crippen molar-refractivity contribution in [3.8, 4) is 22.5 Å². The average Bonchev–Trinajstić information content (AvgIpc) is 2.78. The standard InChI is InChI=1S/C19H14N2.3C2H6.Pt/c1-5-14-13-15(6-1)19-12-4-10-17(21-19)8-2-7-16-9-3-11-18(14)20-16;3*1-2;/h1-6,9-12H,7-8H2;3*1-2H3;/q-2;;;;+2. The zero-order chi connectivity index (χ0) is 20.1. The minimum atomic E-state index is 0.